The number of aliphatic carboxylic acids is 1. The highest BCUT2D eigenvalue weighted by Crippen LogP contribution is 2.33. The van der Waals surface area contributed by atoms with E-state index in [2.05, 4.69) is 5.32 Å². The van der Waals surface area contributed by atoms with Gasteiger partial charge in [0.2, 0.25) is 0 Å². The second kappa shape index (κ2) is 5.03. The molecule has 106 valence electrons. The number of benzene rings is 1. The van der Waals surface area contributed by atoms with Crippen molar-refractivity contribution in [2.45, 2.75) is 18.9 Å². The molecule has 0 saturated carbocycles. The summed E-state index contributed by atoms with van der Waals surface area (Å²) in [6.45, 7) is 1.68. The zero-order valence-corrected chi connectivity index (χ0v) is 11.0. The van der Waals surface area contributed by atoms with Crippen LogP contribution in [0.5, 0.6) is 5.75 Å². The van der Waals surface area contributed by atoms with Crippen LogP contribution in [0.2, 0.25) is 0 Å². The first-order valence-corrected chi connectivity index (χ1v) is 6.72. The van der Waals surface area contributed by atoms with E-state index >= 15 is 0 Å². The van der Waals surface area contributed by atoms with Gasteiger partial charge in [-0.1, -0.05) is 6.07 Å². The summed E-state index contributed by atoms with van der Waals surface area (Å²) < 4.78 is 5.57. The summed E-state index contributed by atoms with van der Waals surface area (Å²) >= 11 is 0. The highest BCUT2D eigenvalue weighted by molar-refractivity contribution is 6.01. The summed E-state index contributed by atoms with van der Waals surface area (Å²) in [5.74, 6) is -0.685. The van der Waals surface area contributed by atoms with Crippen molar-refractivity contribution in [1.82, 2.24) is 4.90 Å². The molecule has 1 saturated heterocycles. The smallest absolute Gasteiger partial charge is 0.326 e. The quantitative estimate of drug-likeness (QED) is 0.848. The van der Waals surface area contributed by atoms with Crippen molar-refractivity contribution in [3.8, 4) is 5.75 Å². The van der Waals surface area contributed by atoms with Crippen LogP contribution < -0.4 is 10.1 Å². The lowest BCUT2D eigenvalue weighted by atomic mass is 10.1. The van der Waals surface area contributed by atoms with Gasteiger partial charge >= 0.3 is 5.97 Å². The third-order valence-corrected chi connectivity index (χ3v) is 3.71. The molecule has 3 rings (SSSR count). The SMILES string of the molecule is O=C(O)C1CCCN1C(=O)c1cccc2c1OCCN2. The molecule has 0 spiro atoms. The van der Waals surface area contributed by atoms with E-state index in [-0.39, 0.29) is 5.91 Å². The molecule has 1 atom stereocenters. The van der Waals surface area contributed by atoms with Crippen LogP contribution in [-0.4, -0.2) is 47.6 Å². The van der Waals surface area contributed by atoms with Gasteiger partial charge in [-0.3, -0.25) is 4.79 Å². The molecule has 0 aromatic heterocycles. The minimum atomic E-state index is -0.945. The van der Waals surface area contributed by atoms with Gasteiger partial charge in [-0.05, 0) is 25.0 Å². The predicted octanol–water partition coefficient (Wildman–Crippen LogP) is 1.18. The van der Waals surface area contributed by atoms with Gasteiger partial charge in [0.15, 0.2) is 5.75 Å². The monoisotopic (exact) mass is 276 g/mol. The Bertz CT molecular complexity index is 558. The van der Waals surface area contributed by atoms with E-state index in [1.54, 1.807) is 12.1 Å². The Labute approximate surface area is 116 Å². The second-order valence-electron chi connectivity index (χ2n) is 4.95. The number of likely N-dealkylation sites (tertiary alicyclic amines) is 1. The summed E-state index contributed by atoms with van der Waals surface area (Å²) in [6.07, 6.45) is 1.23. The molecular weight excluding hydrogens is 260 g/mol. The molecule has 0 aliphatic carbocycles. The number of hydrogen-bond acceptors (Lipinski definition) is 4. The van der Waals surface area contributed by atoms with Crippen molar-refractivity contribution in [2.24, 2.45) is 0 Å². The van der Waals surface area contributed by atoms with Gasteiger partial charge in [-0.2, -0.15) is 0 Å². The maximum Gasteiger partial charge on any atom is 0.326 e. The number of nitrogens with zero attached hydrogens (tertiary/aromatic N) is 1. The zero-order chi connectivity index (χ0) is 14.1. The van der Waals surface area contributed by atoms with Crippen LogP contribution >= 0.6 is 0 Å². The number of ether oxygens (including phenoxy) is 1. The lowest BCUT2D eigenvalue weighted by molar-refractivity contribution is -0.141. The highest BCUT2D eigenvalue weighted by atomic mass is 16.5. The number of carboxylic acids is 1. The molecule has 1 aromatic rings. The number of rotatable bonds is 2. The van der Waals surface area contributed by atoms with Crippen LogP contribution in [0.3, 0.4) is 0 Å². The Kier molecular flexibility index (Phi) is 3.22. The number of hydrogen-bond donors (Lipinski definition) is 2. The zero-order valence-electron chi connectivity index (χ0n) is 11.0. The number of carbonyl (C=O) groups excluding carboxylic acids is 1. The lowest BCUT2D eigenvalue weighted by Gasteiger charge is -2.25. The van der Waals surface area contributed by atoms with Gasteiger partial charge in [-0.25, -0.2) is 4.79 Å². The van der Waals surface area contributed by atoms with Crippen molar-refractivity contribution in [2.75, 3.05) is 25.0 Å². The fourth-order valence-corrected chi connectivity index (χ4v) is 2.76. The van der Waals surface area contributed by atoms with E-state index in [4.69, 9.17) is 4.74 Å². The first kappa shape index (κ1) is 12.8. The Balaban J connectivity index is 1.93. The van der Waals surface area contributed by atoms with E-state index < -0.39 is 12.0 Å². The van der Waals surface area contributed by atoms with Crippen LogP contribution in [0.25, 0.3) is 0 Å². The molecule has 1 fully saturated rings. The maximum atomic E-state index is 12.6. The minimum Gasteiger partial charge on any atom is -0.489 e. The molecule has 2 N–H and O–H groups in total. The standard InChI is InChI=1S/C14H16N2O4/c17-13(16-7-2-5-11(16)14(18)19)9-3-1-4-10-12(9)20-8-6-15-10/h1,3-4,11,15H,2,5-8H2,(H,18,19). The van der Waals surface area contributed by atoms with Gasteiger partial charge < -0.3 is 20.1 Å². The van der Waals surface area contributed by atoms with Crippen molar-refractivity contribution >= 4 is 17.6 Å². The molecule has 1 amide bonds. The lowest BCUT2D eigenvalue weighted by Crippen LogP contribution is -2.40. The average molecular weight is 276 g/mol. The van der Waals surface area contributed by atoms with Crippen LogP contribution in [0.1, 0.15) is 23.2 Å². The number of amides is 1. The summed E-state index contributed by atoms with van der Waals surface area (Å²) in [6, 6.07) is 4.59. The Hall–Kier alpha value is -2.24. The average Bonchev–Trinajstić information content (AvgIpc) is 2.95. The number of para-hydroxylation sites is 1. The molecule has 6 heteroatoms. The van der Waals surface area contributed by atoms with Crippen LogP contribution in [0.15, 0.2) is 18.2 Å². The largest absolute Gasteiger partial charge is 0.489 e. The predicted molar refractivity (Wildman–Crippen MR) is 72.1 cm³/mol. The van der Waals surface area contributed by atoms with E-state index in [9.17, 15) is 14.7 Å². The Morgan fingerprint density at radius 2 is 2.25 bits per heavy atom. The van der Waals surface area contributed by atoms with E-state index in [1.807, 2.05) is 6.07 Å². The van der Waals surface area contributed by atoms with Crippen molar-refractivity contribution in [3.63, 3.8) is 0 Å². The topological polar surface area (TPSA) is 78.9 Å². The van der Waals surface area contributed by atoms with E-state index in [0.29, 0.717) is 37.4 Å². The summed E-state index contributed by atoms with van der Waals surface area (Å²) in [5, 5.41) is 12.4. The van der Waals surface area contributed by atoms with E-state index in [0.717, 1.165) is 12.1 Å². The summed E-state index contributed by atoms with van der Waals surface area (Å²) in [4.78, 5) is 25.2. The first-order chi connectivity index (χ1) is 9.68. The third-order valence-electron chi connectivity index (χ3n) is 3.71. The van der Waals surface area contributed by atoms with Crippen molar-refractivity contribution in [1.29, 1.82) is 0 Å². The highest BCUT2D eigenvalue weighted by Gasteiger charge is 2.35. The third kappa shape index (κ3) is 2.07. The fraction of sp³-hybridized carbons (Fsp3) is 0.429. The van der Waals surface area contributed by atoms with Gasteiger partial charge in [0.25, 0.3) is 5.91 Å². The van der Waals surface area contributed by atoms with Crippen LogP contribution in [-0.2, 0) is 4.79 Å². The molecule has 2 heterocycles. The number of nitrogens with one attached hydrogen (secondary N) is 1. The molecular formula is C14H16N2O4. The number of fused-ring (bicyclic) bond motifs is 1. The van der Waals surface area contributed by atoms with E-state index in [1.165, 1.54) is 4.90 Å². The summed E-state index contributed by atoms with van der Waals surface area (Å²) in [7, 11) is 0. The maximum absolute atomic E-state index is 12.6. The normalized spacial score (nSPS) is 20.8. The first-order valence-electron chi connectivity index (χ1n) is 6.72. The number of carbonyl (C=O) groups is 2. The molecule has 20 heavy (non-hydrogen) atoms. The van der Waals surface area contributed by atoms with Crippen molar-refractivity contribution < 1.29 is 19.4 Å². The van der Waals surface area contributed by atoms with Gasteiger partial charge in [0.05, 0.1) is 11.3 Å². The number of carboxylic acid groups (broad SMARTS) is 1. The van der Waals surface area contributed by atoms with Crippen LogP contribution in [0.4, 0.5) is 5.69 Å². The van der Waals surface area contributed by atoms with Gasteiger partial charge in [0.1, 0.15) is 12.6 Å². The molecule has 0 bridgehead atoms. The molecule has 0 radical (unpaired) electrons. The van der Waals surface area contributed by atoms with Crippen LogP contribution in [0, 0.1) is 0 Å². The molecule has 2 aliphatic heterocycles. The summed E-state index contributed by atoms with van der Waals surface area (Å²) in [5.41, 5.74) is 1.22. The molecule has 1 unspecified atom stereocenters. The Morgan fingerprint density at radius 1 is 1.40 bits per heavy atom. The van der Waals surface area contributed by atoms with Crippen molar-refractivity contribution in [3.05, 3.63) is 23.8 Å². The van der Waals surface area contributed by atoms with Gasteiger partial charge in [-0.15, -0.1) is 0 Å². The molecule has 2 aliphatic rings. The van der Waals surface area contributed by atoms with Gasteiger partial charge in [0, 0.05) is 13.1 Å². The second-order valence-corrected chi connectivity index (χ2v) is 4.95. The molecule has 6 nitrogen and oxygen atoms in total. The Morgan fingerprint density at radius 3 is 3.05 bits per heavy atom. The fourth-order valence-electron chi connectivity index (χ4n) is 2.76. The number of anilines is 1. The molecule has 1 aromatic carbocycles. The minimum absolute atomic E-state index is 0.268.